The van der Waals surface area contributed by atoms with Crippen LogP contribution in [0.2, 0.25) is 0 Å². The summed E-state index contributed by atoms with van der Waals surface area (Å²) in [5.74, 6) is 0.142. The molecule has 31 heavy (non-hydrogen) atoms. The molecule has 5 heteroatoms. The zero-order valence-electron chi connectivity index (χ0n) is 16.9. The molecule has 4 nitrogen and oxygen atoms in total. The van der Waals surface area contributed by atoms with Gasteiger partial charge in [-0.15, -0.1) is 11.3 Å². The number of aromatic hydroxyl groups is 1. The largest absolute Gasteiger partial charge is 0.508 e. The third-order valence-electron chi connectivity index (χ3n) is 5.02. The lowest BCUT2D eigenvalue weighted by Gasteiger charge is -2.07. The summed E-state index contributed by atoms with van der Waals surface area (Å²) < 4.78 is 5.43. The highest BCUT2D eigenvalue weighted by atomic mass is 32.1. The van der Waals surface area contributed by atoms with Gasteiger partial charge in [0, 0.05) is 21.2 Å². The molecule has 0 unspecified atom stereocenters. The summed E-state index contributed by atoms with van der Waals surface area (Å²) >= 11 is 1.39. The molecule has 0 amide bonds. The molecule has 0 aliphatic heterocycles. The smallest absolute Gasteiger partial charge is 0.297 e. The Morgan fingerprint density at radius 1 is 1.03 bits per heavy atom. The standard InChI is InChI=1S/C26H20O4S/c1-17-4-8-20(9-5-17)25(29)26-24(22-13-12-21(28)15-23(22)31-26)19-10-6-18(7-11-19)3-2-14-30-16-27/h2,4-16,28H,3H2,1H3/b14-2+. The number of thiophene rings is 1. The van der Waals surface area contributed by atoms with Gasteiger partial charge < -0.3 is 9.84 Å². The molecule has 0 aliphatic rings. The lowest BCUT2D eigenvalue weighted by molar-refractivity contribution is -0.123. The topological polar surface area (TPSA) is 63.6 Å². The zero-order valence-corrected chi connectivity index (χ0v) is 17.7. The van der Waals surface area contributed by atoms with Gasteiger partial charge in [0.25, 0.3) is 6.47 Å². The monoisotopic (exact) mass is 428 g/mol. The number of benzene rings is 3. The van der Waals surface area contributed by atoms with Crippen LogP contribution in [-0.4, -0.2) is 17.4 Å². The Kier molecular flexibility index (Phi) is 5.96. The van der Waals surface area contributed by atoms with Crippen molar-refractivity contribution in [3.05, 3.63) is 101 Å². The Morgan fingerprint density at radius 3 is 2.48 bits per heavy atom. The summed E-state index contributed by atoms with van der Waals surface area (Å²) in [7, 11) is 0. The lowest BCUT2D eigenvalue weighted by atomic mass is 9.96. The summed E-state index contributed by atoms with van der Waals surface area (Å²) in [6.07, 6.45) is 3.75. The Bertz CT molecular complexity index is 1270. The van der Waals surface area contributed by atoms with Crippen LogP contribution in [0.25, 0.3) is 21.2 Å². The van der Waals surface area contributed by atoms with E-state index >= 15 is 0 Å². The van der Waals surface area contributed by atoms with E-state index < -0.39 is 0 Å². The van der Waals surface area contributed by atoms with E-state index in [0.717, 1.165) is 32.3 Å². The molecule has 0 fully saturated rings. The number of carbonyl (C=O) groups is 2. The first kappa shape index (κ1) is 20.6. The quantitative estimate of drug-likeness (QED) is 0.221. The molecule has 0 saturated heterocycles. The van der Waals surface area contributed by atoms with Gasteiger partial charge in [0.15, 0.2) is 0 Å². The molecule has 0 bridgehead atoms. The first-order valence-electron chi connectivity index (χ1n) is 9.77. The Hall–Kier alpha value is -3.70. The van der Waals surface area contributed by atoms with E-state index in [4.69, 9.17) is 0 Å². The van der Waals surface area contributed by atoms with Crippen LogP contribution in [0, 0.1) is 6.92 Å². The van der Waals surface area contributed by atoms with Crippen LogP contribution >= 0.6 is 11.3 Å². The van der Waals surface area contributed by atoms with Gasteiger partial charge in [-0.25, -0.2) is 0 Å². The number of ketones is 1. The van der Waals surface area contributed by atoms with Crippen LogP contribution in [0.4, 0.5) is 0 Å². The van der Waals surface area contributed by atoms with Crippen molar-refractivity contribution in [2.75, 3.05) is 0 Å². The van der Waals surface area contributed by atoms with E-state index in [1.807, 2.05) is 61.5 Å². The van der Waals surface area contributed by atoms with Gasteiger partial charge in [0.2, 0.25) is 5.78 Å². The third-order valence-corrected chi connectivity index (χ3v) is 6.17. The predicted octanol–water partition coefficient (Wildman–Crippen LogP) is 6.04. The van der Waals surface area contributed by atoms with Crippen LogP contribution < -0.4 is 0 Å². The second kappa shape index (κ2) is 8.98. The molecular formula is C26H20O4S. The van der Waals surface area contributed by atoms with E-state index in [9.17, 15) is 14.7 Å². The van der Waals surface area contributed by atoms with Crippen molar-refractivity contribution in [3.63, 3.8) is 0 Å². The maximum atomic E-state index is 13.4. The maximum Gasteiger partial charge on any atom is 0.297 e. The molecule has 0 aliphatic carbocycles. The highest BCUT2D eigenvalue weighted by Gasteiger charge is 2.21. The van der Waals surface area contributed by atoms with E-state index in [2.05, 4.69) is 4.74 Å². The number of rotatable bonds is 7. The first-order valence-corrected chi connectivity index (χ1v) is 10.6. The van der Waals surface area contributed by atoms with Gasteiger partial charge in [0.1, 0.15) is 5.75 Å². The minimum Gasteiger partial charge on any atom is -0.508 e. The zero-order chi connectivity index (χ0) is 21.8. The fourth-order valence-electron chi connectivity index (χ4n) is 3.45. The highest BCUT2D eigenvalue weighted by Crippen LogP contribution is 2.41. The number of phenolic OH excluding ortho intramolecular Hbond substituents is 1. The Morgan fingerprint density at radius 2 is 1.77 bits per heavy atom. The summed E-state index contributed by atoms with van der Waals surface area (Å²) in [6.45, 7) is 2.37. The molecule has 0 saturated carbocycles. The average Bonchev–Trinajstić information content (AvgIpc) is 3.15. The molecule has 4 aromatic rings. The van der Waals surface area contributed by atoms with Crippen LogP contribution in [0.3, 0.4) is 0 Å². The van der Waals surface area contributed by atoms with Gasteiger partial charge in [-0.1, -0.05) is 54.1 Å². The molecule has 0 atom stereocenters. The minimum atomic E-state index is -0.0336. The maximum absolute atomic E-state index is 13.4. The number of carbonyl (C=O) groups excluding carboxylic acids is 2. The number of allylic oxidation sites excluding steroid dienone is 1. The molecular weight excluding hydrogens is 408 g/mol. The lowest BCUT2D eigenvalue weighted by Crippen LogP contribution is -2.00. The summed E-state index contributed by atoms with van der Waals surface area (Å²) in [4.78, 5) is 24.2. The molecule has 1 heterocycles. The Labute approximate surface area is 184 Å². The molecule has 0 spiro atoms. The summed E-state index contributed by atoms with van der Waals surface area (Å²) in [6, 6.07) is 20.7. The second-order valence-corrected chi connectivity index (χ2v) is 8.24. The molecule has 4 rings (SSSR count). The number of phenols is 1. The van der Waals surface area contributed by atoms with Gasteiger partial charge in [0.05, 0.1) is 11.1 Å². The van der Waals surface area contributed by atoms with Crippen molar-refractivity contribution in [1.82, 2.24) is 0 Å². The van der Waals surface area contributed by atoms with E-state index in [0.29, 0.717) is 23.3 Å². The average molecular weight is 429 g/mol. The molecule has 3 aromatic carbocycles. The second-order valence-electron chi connectivity index (χ2n) is 7.19. The molecule has 0 radical (unpaired) electrons. The van der Waals surface area contributed by atoms with E-state index in [1.165, 1.54) is 17.6 Å². The Balaban J connectivity index is 1.77. The normalized spacial score (nSPS) is 11.1. The number of ether oxygens (including phenoxy) is 1. The van der Waals surface area contributed by atoms with Gasteiger partial charge in [-0.2, -0.15) is 0 Å². The predicted molar refractivity (Wildman–Crippen MR) is 124 cm³/mol. The third kappa shape index (κ3) is 4.42. The van der Waals surface area contributed by atoms with E-state index in [1.54, 1.807) is 18.2 Å². The van der Waals surface area contributed by atoms with Crippen LogP contribution in [0.15, 0.2) is 79.1 Å². The van der Waals surface area contributed by atoms with Gasteiger partial charge in [-0.05, 0) is 48.7 Å². The van der Waals surface area contributed by atoms with Crippen LogP contribution in [0.5, 0.6) is 5.75 Å². The SMILES string of the molecule is Cc1ccc(C(=O)c2sc3cc(O)ccc3c2-c2ccc(C/C=C/OC=O)cc2)cc1. The molecule has 1 N–H and O–H groups in total. The fourth-order valence-corrected chi connectivity index (χ4v) is 4.67. The molecule has 154 valence electrons. The van der Waals surface area contributed by atoms with Gasteiger partial charge in [-0.3, -0.25) is 9.59 Å². The fraction of sp³-hybridized carbons (Fsp3) is 0.0769. The van der Waals surface area contributed by atoms with Crippen molar-refractivity contribution < 1.29 is 19.4 Å². The highest BCUT2D eigenvalue weighted by molar-refractivity contribution is 7.21. The van der Waals surface area contributed by atoms with Crippen molar-refractivity contribution in [1.29, 1.82) is 0 Å². The van der Waals surface area contributed by atoms with Crippen molar-refractivity contribution in [3.8, 4) is 16.9 Å². The van der Waals surface area contributed by atoms with Crippen molar-refractivity contribution in [2.45, 2.75) is 13.3 Å². The summed E-state index contributed by atoms with van der Waals surface area (Å²) in [5, 5.41) is 10.9. The number of fused-ring (bicyclic) bond motifs is 1. The van der Waals surface area contributed by atoms with Crippen molar-refractivity contribution >= 4 is 33.7 Å². The van der Waals surface area contributed by atoms with E-state index in [-0.39, 0.29) is 11.5 Å². The summed E-state index contributed by atoms with van der Waals surface area (Å²) in [5.41, 5.74) is 4.60. The van der Waals surface area contributed by atoms with Crippen LogP contribution in [0.1, 0.15) is 26.4 Å². The number of aryl methyl sites for hydroxylation is 1. The first-order chi connectivity index (χ1) is 15.1. The minimum absolute atomic E-state index is 0.0336. The van der Waals surface area contributed by atoms with Crippen molar-refractivity contribution in [2.24, 2.45) is 0 Å². The van der Waals surface area contributed by atoms with Crippen LogP contribution in [-0.2, 0) is 16.0 Å². The van der Waals surface area contributed by atoms with Gasteiger partial charge >= 0.3 is 0 Å². The number of hydrogen-bond acceptors (Lipinski definition) is 5. The molecule has 1 aromatic heterocycles. The number of hydrogen-bond donors (Lipinski definition) is 1.